The van der Waals surface area contributed by atoms with Crippen LogP contribution in [0.25, 0.3) is 0 Å². The van der Waals surface area contributed by atoms with Gasteiger partial charge in [0.2, 0.25) is 0 Å². The molecule has 4 nitrogen and oxygen atoms in total. The molecule has 0 unspecified atom stereocenters. The van der Waals surface area contributed by atoms with Crippen molar-refractivity contribution in [1.29, 1.82) is 5.26 Å². The number of nitrogens with one attached hydrogen (secondary N) is 2. The third-order valence-corrected chi connectivity index (χ3v) is 3.29. The highest BCUT2D eigenvalue weighted by Gasteiger charge is 2.07. The van der Waals surface area contributed by atoms with Crippen LogP contribution in [0.4, 0.5) is 0 Å². The van der Waals surface area contributed by atoms with E-state index in [1.807, 2.05) is 36.4 Å². The second-order valence-electron chi connectivity index (χ2n) is 4.63. The van der Waals surface area contributed by atoms with Crippen molar-refractivity contribution in [2.45, 2.75) is 6.42 Å². The fraction of sp³-hybridized carbons (Fsp3) is 0.118. The van der Waals surface area contributed by atoms with Gasteiger partial charge in [-0.05, 0) is 48.5 Å². The van der Waals surface area contributed by atoms with Crippen LogP contribution in [-0.2, 0) is 6.42 Å². The van der Waals surface area contributed by atoms with Crippen LogP contribution in [0.15, 0.2) is 54.6 Å². The van der Waals surface area contributed by atoms with E-state index in [0.29, 0.717) is 22.8 Å². The van der Waals surface area contributed by atoms with E-state index in [4.69, 9.17) is 17.5 Å². The number of benzene rings is 2. The standard InChI is InChI=1S/C17H15N3OS/c18-12-14-6-8-15(9-7-14)16(21)20-17(22)19-11-10-13-4-2-1-3-5-13/h1-9H,10-11H2,(H2,19,20,21,22). The molecule has 22 heavy (non-hydrogen) atoms. The number of nitriles is 1. The summed E-state index contributed by atoms with van der Waals surface area (Å²) in [6, 6.07) is 18.4. The third-order valence-electron chi connectivity index (χ3n) is 3.05. The minimum Gasteiger partial charge on any atom is -0.362 e. The first kappa shape index (κ1) is 15.7. The van der Waals surface area contributed by atoms with E-state index in [9.17, 15) is 4.79 Å². The van der Waals surface area contributed by atoms with E-state index >= 15 is 0 Å². The molecular weight excluding hydrogens is 294 g/mol. The Kier molecular flexibility index (Phi) is 5.64. The Morgan fingerprint density at radius 1 is 1.09 bits per heavy atom. The molecule has 2 N–H and O–H groups in total. The number of rotatable bonds is 4. The van der Waals surface area contributed by atoms with E-state index in [-0.39, 0.29) is 5.91 Å². The summed E-state index contributed by atoms with van der Waals surface area (Å²) in [5, 5.41) is 14.6. The molecule has 110 valence electrons. The Bertz CT molecular complexity index is 690. The number of carbonyl (C=O) groups excluding carboxylic acids is 1. The molecule has 0 aliphatic carbocycles. The van der Waals surface area contributed by atoms with Crippen molar-refractivity contribution in [2.75, 3.05) is 6.54 Å². The summed E-state index contributed by atoms with van der Waals surface area (Å²) in [5.74, 6) is -0.290. The topological polar surface area (TPSA) is 64.9 Å². The maximum Gasteiger partial charge on any atom is 0.257 e. The summed E-state index contributed by atoms with van der Waals surface area (Å²) in [7, 11) is 0. The van der Waals surface area contributed by atoms with Gasteiger partial charge in [0.1, 0.15) is 0 Å². The monoisotopic (exact) mass is 309 g/mol. The molecule has 5 heteroatoms. The lowest BCUT2D eigenvalue weighted by atomic mass is 10.1. The Balaban J connectivity index is 1.78. The van der Waals surface area contributed by atoms with Gasteiger partial charge in [-0.2, -0.15) is 5.26 Å². The number of amides is 1. The van der Waals surface area contributed by atoms with E-state index in [1.165, 1.54) is 5.56 Å². The van der Waals surface area contributed by atoms with Crippen molar-refractivity contribution in [3.05, 3.63) is 71.3 Å². The van der Waals surface area contributed by atoms with Crippen molar-refractivity contribution in [1.82, 2.24) is 10.6 Å². The Labute approximate surface area is 134 Å². The van der Waals surface area contributed by atoms with E-state index in [0.717, 1.165) is 6.42 Å². The number of nitrogens with zero attached hydrogens (tertiary/aromatic N) is 1. The highest BCUT2D eigenvalue weighted by molar-refractivity contribution is 7.80. The molecule has 0 aliphatic rings. The molecule has 2 aromatic carbocycles. The minimum atomic E-state index is -0.290. The molecule has 0 heterocycles. The summed E-state index contributed by atoms with van der Waals surface area (Å²) in [6.45, 7) is 0.649. The first-order valence-electron chi connectivity index (χ1n) is 6.82. The molecule has 0 aromatic heterocycles. The quantitative estimate of drug-likeness (QED) is 0.851. The second-order valence-corrected chi connectivity index (χ2v) is 5.04. The number of carbonyl (C=O) groups is 1. The molecule has 0 atom stereocenters. The minimum absolute atomic E-state index is 0.290. The van der Waals surface area contributed by atoms with Gasteiger partial charge < -0.3 is 5.32 Å². The van der Waals surface area contributed by atoms with Gasteiger partial charge >= 0.3 is 0 Å². The van der Waals surface area contributed by atoms with Crippen LogP contribution >= 0.6 is 12.2 Å². The zero-order valence-corrected chi connectivity index (χ0v) is 12.7. The molecule has 0 radical (unpaired) electrons. The van der Waals surface area contributed by atoms with Gasteiger partial charge in [0, 0.05) is 12.1 Å². The predicted octanol–water partition coefficient (Wildman–Crippen LogP) is 2.41. The Hall–Kier alpha value is -2.71. The second kappa shape index (κ2) is 7.91. The van der Waals surface area contributed by atoms with Gasteiger partial charge in [-0.3, -0.25) is 10.1 Å². The SMILES string of the molecule is N#Cc1ccc(C(=O)NC(=S)NCCc2ccccc2)cc1. The van der Waals surface area contributed by atoms with Crippen LogP contribution in [0, 0.1) is 11.3 Å². The maximum absolute atomic E-state index is 12.0. The van der Waals surface area contributed by atoms with Crippen LogP contribution in [0.1, 0.15) is 21.5 Å². The summed E-state index contributed by atoms with van der Waals surface area (Å²) >= 11 is 5.10. The lowest BCUT2D eigenvalue weighted by Crippen LogP contribution is -2.40. The molecule has 2 aromatic rings. The zero-order chi connectivity index (χ0) is 15.8. The van der Waals surface area contributed by atoms with Crippen LogP contribution in [-0.4, -0.2) is 17.6 Å². The molecule has 1 amide bonds. The summed E-state index contributed by atoms with van der Waals surface area (Å²) in [6.07, 6.45) is 0.827. The van der Waals surface area contributed by atoms with Crippen molar-refractivity contribution < 1.29 is 4.79 Å². The van der Waals surface area contributed by atoms with E-state index in [1.54, 1.807) is 24.3 Å². The summed E-state index contributed by atoms with van der Waals surface area (Å²) in [4.78, 5) is 12.0. The third kappa shape index (κ3) is 4.69. The molecule has 0 saturated heterocycles. The first-order valence-corrected chi connectivity index (χ1v) is 7.23. The smallest absolute Gasteiger partial charge is 0.257 e. The van der Waals surface area contributed by atoms with Crippen LogP contribution < -0.4 is 10.6 Å². The molecule has 2 rings (SSSR count). The van der Waals surface area contributed by atoms with Crippen molar-refractivity contribution in [2.24, 2.45) is 0 Å². The molecular formula is C17H15N3OS. The maximum atomic E-state index is 12.0. The lowest BCUT2D eigenvalue weighted by Gasteiger charge is -2.09. The largest absolute Gasteiger partial charge is 0.362 e. The molecule has 0 aliphatic heterocycles. The number of hydrogen-bond acceptors (Lipinski definition) is 3. The summed E-state index contributed by atoms with van der Waals surface area (Å²) < 4.78 is 0. The first-order chi connectivity index (χ1) is 10.7. The Morgan fingerprint density at radius 3 is 2.41 bits per heavy atom. The van der Waals surface area contributed by atoms with Gasteiger partial charge in [-0.25, -0.2) is 0 Å². The average molecular weight is 309 g/mol. The van der Waals surface area contributed by atoms with Crippen molar-refractivity contribution in [3.8, 4) is 6.07 Å². The van der Waals surface area contributed by atoms with Gasteiger partial charge in [0.15, 0.2) is 5.11 Å². The van der Waals surface area contributed by atoms with Gasteiger partial charge in [0.05, 0.1) is 11.6 Å². The lowest BCUT2D eigenvalue weighted by molar-refractivity contribution is 0.0976. The van der Waals surface area contributed by atoms with Gasteiger partial charge in [0.25, 0.3) is 5.91 Å². The summed E-state index contributed by atoms with van der Waals surface area (Å²) in [5.41, 5.74) is 2.18. The van der Waals surface area contributed by atoms with E-state index < -0.39 is 0 Å². The van der Waals surface area contributed by atoms with Crippen molar-refractivity contribution >= 4 is 23.2 Å². The Morgan fingerprint density at radius 2 is 1.77 bits per heavy atom. The van der Waals surface area contributed by atoms with Crippen LogP contribution in [0.3, 0.4) is 0 Å². The number of hydrogen-bond donors (Lipinski definition) is 2. The predicted molar refractivity (Wildman–Crippen MR) is 89.4 cm³/mol. The molecule has 0 saturated carbocycles. The average Bonchev–Trinajstić information content (AvgIpc) is 2.56. The highest BCUT2D eigenvalue weighted by atomic mass is 32.1. The fourth-order valence-corrected chi connectivity index (χ4v) is 2.08. The highest BCUT2D eigenvalue weighted by Crippen LogP contribution is 2.03. The van der Waals surface area contributed by atoms with E-state index in [2.05, 4.69) is 10.6 Å². The molecule has 0 spiro atoms. The van der Waals surface area contributed by atoms with Crippen molar-refractivity contribution in [3.63, 3.8) is 0 Å². The van der Waals surface area contributed by atoms with Crippen LogP contribution in [0.2, 0.25) is 0 Å². The molecule has 0 bridgehead atoms. The van der Waals surface area contributed by atoms with Crippen LogP contribution in [0.5, 0.6) is 0 Å². The number of thiocarbonyl (C=S) groups is 1. The van der Waals surface area contributed by atoms with Gasteiger partial charge in [-0.15, -0.1) is 0 Å². The van der Waals surface area contributed by atoms with Gasteiger partial charge in [-0.1, -0.05) is 30.3 Å². The molecule has 0 fully saturated rings. The zero-order valence-electron chi connectivity index (χ0n) is 11.9. The normalized spacial score (nSPS) is 9.59. The fourth-order valence-electron chi connectivity index (χ4n) is 1.88.